The molecule has 3 heterocycles. The first-order chi connectivity index (χ1) is 13.5. The van der Waals surface area contributed by atoms with Crippen LogP contribution in [0.2, 0.25) is 0 Å². The fourth-order valence-electron chi connectivity index (χ4n) is 3.17. The molecule has 1 amide bonds. The van der Waals surface area contributed by atoms with E-state index in [1.54, 1.807) is 17.0 Å². The van der Waals surface area contributed by atoms with E-state index in [-0.39, 0.29) is 23.4 Å². The van der Waals surface area contributed by atoms with Gasteiger partial charge in [0.25, 0.3) is 5.91 Å². The zero-order valence-corrected chi connectivity index (χ0v) is 14.6. The highest BCUT2D eigenvalue weighted by atomic mass is 19.1. The molecule has 4 rings (SSSR count). The summed E-state index contributed by atoms with van der Waals surface area (Å²) in [6.07, 6.45) is 1.47. The Labute approximate surface area is 157 Å². The van der Waals surface area contributed by atoms with E-state index in [4.69, 9.17) is 8.83 Å². The van der Waals surface area contributed by atoms with E-state index >= 15 is 0 Å². The molecule has 0 spiro atoms. The van der Waals surface area contributed by atoms with Crippen LogP contribution in [0.1, 0.15) is 35.2 Å². The normalized spacial score (nSPS) is 16.9. The van der Waals surface area contributed by atoms with Crippen LogP contribution in [0.4, 0.5) is 10.3 Å². The number of likely N-dealkylation sites (tertiary alicyclic amines) is 1. The second-order valence-corrected chi connectivity index (χ2v) is 6.44. The van der Waals surface area contributed by atoms with E-state index in [0.29, 0.717) is 31.0 Å². The summed E-state index contributed by atoms with van der Waals surface area (Å²) in [5.41, 5.74) is 0.604. The fraction of sp³-hybridized carbons (Fsp3) is 0.278. The molecule has 1 aliphatic heterocycles. The molecule has 9 nitrogen and oxygen atoms in total. The predicted octanol–water partition coefficient (Wildman–Crippen LogP) is 3.40. The van der Waals surface area contributed by atoms with Gasteiger partial charge in [-0.05, 0) is 43.2 Å². The third-order valence-corrected chi connectivity index (χ3v) is 4.57. The third-order valence-electron chi connectivity index (χ3n) is 4.57. The summed E-state index contributed by atoms with van der Waals surface area (Å²) in [5, 5.41) is 18.8. The average molecular weight is 386 g/mol. The highest BCUT2D eigenvalue weighted by Crippen LogP contribution is 2.29. The number of carbonyl (C=O) groups is 1. The van der Waals surface area contributed by atoms with Crippen molar-refractivity contribution in [2.24, 2.45) is 0 Å². The molecule has 144 valence electrons. The Morgan fingerprint density at radius 3 is 2.68 bits per heavy atom. The molecular weight excluding hydrogens is 371 g/mol. The second-order valence-electron chi connectivity index (χ2n) is 6.44. The molecule has 1 fully saturated rings. The van der Waals surface area contributed by atoms with E-state index in [9.17, 15) is 19.3 Å². The van der Waals surface area contributed by atoms with Gasteiger partial charge in [-0.1, -0.05) is 0 Å². The van der Waals surface area contributed by atoms with Crippen molar-refractivity contribution in [3.8, 4) is 11.5 Å². The maximum absolute atomic E-state index is 13.1. The van der Waals surface area contributed by atoms with Crippen molar-refractivity contribution in [3.63, 3.8) is 0 Å². The Hall–Kier alpha value is -3.56. The smallest absolute Gasteiger partial charge is 0.420 e. The molecule has 28 heavy (non-hydrogen) atoms. The number of amides is 1. The quantitative estimate of drug-likeness (QED) is 0.498. The first-order valence-electron chi connectivity index (χ1n) is 8.64. The first-order valence-corrected chi connectivity index (χ1v) is 8.64. The molecule has 1 unspecified atom stereocenters. The van der Waals surface area contributed by atoms with E-state index < -0.39 is 16.7 Å². The number of halogens is 1. The minimum Gasteiger partial charge on any atom is -0.420 e. The molecule has 1 aliphatic rings. The monoisotopic (exact) mass is 386 g/mol. The fourth-order valence-corrected chi connectivity index (χ4v) is 3.17. The number of piperidine rings is 1. The average Bonchev–Trinajstić information content (AvgIpc) is 3.38. The number of carbonyl (C=O) groups excluding carboxylic acids is 1. The molecule has 3 aromatic rings. The van der Waals surface area contributed by atoms with Crippen LogP contribution in [0, 0.1) is 15.9 Å². The Balaban J connectivity index is 1.48. The summed E-state index contributed by atoms with van der Waals surface area (Å²) >= 11 is 0. The summed E-state index contributed by atoms with van der Waals surface area (Å²) < 4.78 is 23.8. The van der Waals surface area contributed by atoms with Crippen LogP contribution in [0.25, 0.3) is 11.5 Å². The number of aromatic nitrogens is 2. The van der Waals surface area contributed by atoms with Crippen molar-refractivity contribution in [1.82, 2.24) is 15.1 Å². The Bertz CT molecular complexity index is 1010. The zero-order chi connectivity index (χ0) is 19.7. The van der Waals surface area contributed by atoms with Crippen molar-refractivity contribution in [3.05, 3.63) is 64.0 Å². The minimum absolute atomic E-state index is 0.0788. The number of rotatable bonds is 4. The van der Waals surface area contributed by atoms with Gasteiger partial charge in [-0.2, -0.15) is 0 Å². The Kier molecular flexibility index (Phi) is 4.60. The van der Waals surface area contributed by atoms with Crippen molar-refractivity contribution < 1.29 is 22.9 Å². The number of furan rings is 1. The van der Waals surface area contributed by atoms with Crippen molar-refractivity contribution in [2.45, 2.75) is 18.8 Å². The number of nitrogens with zero attached hydrogens (tertiary/aromatic N) is 4. The summed E-state index contributed by atoms with van der Waals surface area (Å²) in [6.45, 7) is 0.834. The number of hydrogen-bond acceptors (Lipinski definition) is 7. The molecule has 0 aliphatic carbocycles. The van der Waals surface area contributed by atoms with Crippen LogP contribution in [0.3, 0.4) is 0 Å². The Morgan fingerprint density at radius 1 is 1.18 bits per heavy atom. The summed E-state index contributed by atoms with van der Waals surface area (Å²) in [4.78, 5) is 24.2. The van der Waals surface area contributed by atoms with Crippen molar-refractivity contribution >= 4 is 11.8 Å². The summed E-state index contributed by atoms with van der Waals surface area (Å²) in [6, 6.07) is 8.16. The summed E-state index contributed by atoms with van der Waals surface area (Å²) in [5.74, 6) is -0.825. The van der Waals surface area contributed by atoms with Gasteiger partial charge in [0.2, 0.25) is 11.8 Å². The van der Waals surface area contributed by atoms with Crippen LogP contribution >= 0.6 is 0 Å². The molecule has 0 N–H and O–H groups in total. The highest BCUT2D eigenvalue weighted by molar-refractivity contribution is 5.91. The van der Waals surface area contributed by atoms with Crippen LogP contribution in [-0.2, 0) is 0 Å². The highest BCUT2D eigenvalue weighted by Gasteiger charge is 2.31. The summed E-state index contributed by atoms with van der Waals surface area (Å²) in [7, 11) is 0. The molecule has 1 aromatic carbocycles. The van der Waals surface area contributed by atoms with E-state index in [1.807, 2.05) is 0 Å². The number of benzene rings is 1. The molecule has 2 aromatic heterocycles. The third kappa shape index (κ3) is 3.48. The number of nitro groups is 1. The standard InChI is InChI=1S/C18H15FN4O5/c19-13-5-3-11(4-6-13)16-20-21-17(28-16)12-2-1-9-22(10-12)18(24)14-7-8-15(27-14)23(25)26/h3-8,12H,1-2,9-10H2. The van der Waals surface area contributed by atoms with E-state index in [2.05, 4.69) is 10.2 Å². The van der Waals surface area contributed by atoms with Gasteiger partial charge in [-0.15, -0.1) is 10.2 Å². The maximum Gasteiger partial charge on any atom is 0.433 e. The van der Waals surface area contributed by atoms with E-state index in [0.717, 1.165) is 12.5 Å². The van der Waals surface area contributed by atoms with Crippen molar-refractivity contribution in [2.75, 3.05) is 13.1 Å². The predicted molar refractivity (Wildman–Crippen MR) is 92.9 cm³/mol. The molecule has 1 saturated heterocycles. The van der Waals surface area contributed by atoms with Gasteiger partial charge in [0.1, 0.15) is 10.7 Å². The van der Waals surface area contributed by atoms with Crippen LogP contribution in [-0.4, -0.2) is 39.0 Å². The lowest BCUT2D eigenvalue weighted by molar-refractivity contribution is -0.402. The lowest BCUT2D eigenvalue weighted by Gasteiger charge is -2.30. The van der Waals surface area contributed by atoms with Gasteiger partial charge >= 0.3 is 5.88 Å². The molecular formula is C18H15FN4O5. The number of hydrogen-bond donors (Lipinski definition) is 0. The minimum atomic E-state index is -0.689. The molecule has 10 heteroatoms. The SMILES string of the molecule is O=C(c1ccc([N+](=O)[O-])o1)N1CCCC(c2nnc(-c3ccc(F)cc3)o2)C1. The van der Waals surface area contributed by atoms with Crippen molar-refractivity contribution in [1.29, 1.82) is 0 Å². The van der Waals surface area contributed by atoms with Gasteiger partial charge in [0.15, 0.2) is 5.76 Å². The van der Waals surface area contributed by atoms with E-state index in [1.165, 1.54) is 18.2 Å². The van der Waals surface area contributed by atoms with Crippen LogP contribution in [0.5, 0.6) is 0 Å². The topological polar surface area (TPSA) is 116 Å². The van der Waals surface area contributed by atoms with Gasteiger partial charge in [-0.3, -0.25) is 14.9 Å². The second kappa shape index (κ2) is 7.22. The van der Waals surface area contributed by atoms with Gasteiger partial charge in [-0.25, -0.2) is 4.39 Å². The molecule has 1 atom stereocenters. The largest absolute Gasteiger partial charge is 0.433 e. The molecule has 0 radical (unpaired) electrons. The first kappa shape index (κ1) is 17.8. The lowest BCUT2D eigenvalue weighted by Crippen LogP contribution is -2.39. The Morgan fingerprint density at radius 2 is 1.96 bits per heavy atom. The van der Waals surface area contributed by atoms with Crippen LogP contribution in [0.15, 0.2) is 45.2 Å². The maximum atomic E-state index is 13.1. The van der Waals surface area contributed by atoms with Gasteiger partial charge < -0.3 is 13.7 Å². The molecule has 0 saturated carbocycles. The molecule has 0 bridgehead atoms. The lowest BCUT2D eigenvalue weighted by atomic mass is 9.98. The van der Waals surface area contributed by atoms with Crippen LogP contribution < -0.4 is 0 Å². The zero-order valence-electron chi connectivity index (χ0n) is 14.6. The van der Waals surface area contributed by atoms with Gasteiger partial charge in [0.05, 0.1) is 12.0 Å². The van der Waals surface area contributed by atoms with Gasteiger partial charge in [0, 0.05) is 18.7 Å².